The number of hydrogen-bond donors (Lipinski definition) is 2. The Morgan fingerprint density at radius 2 is 1.21 bits per heavy atom. The summed E-state index contributed by atoms with van der Waals surface area (Å²) in [7, 11) is 0. The fraction of sp³-hybridized carbons (Fsp3) is 0.105. The van der Waals surface area contributed by atoms with Gasteiger partial charge >= 0.3 is 0 Å². The van der Waals surface area contributed by atoms with Crippen LogP contribution in [0.5, 0.6) is 11.5 Å². The Balaban J connectivity index is 1.93. The molecule has 0 bridgehead atoms. The molecule has 2 aromatic carbocycles. The van der Waals surface area contributed by atoms with Gasteiger partial charge in [0.1, 0.15) is 11.5 Å². The van der Waals surface area contributed by atoms with Gasteiger partial charge in [0.05, 0.1) is 8.95 Å². The summed E-state index contributed by atoms with van der Waals surface area (Å²) < 4.78 is 1.19. The zero-order chi connectivity index (χ0) is 17.3. The molecule has 0 saturated heterocycles. The number of benzene rings is 2. The predicted octanol–water partition coefficient (Wildman–Crippen LogP) is 5.45. The average Bonchev–Trinajstić information content (AvgIpc) is 2.89. The number of phenolic OH excluding ortho intramolecular Hbond substituents is 2. The van der Waals surface area contributed by atoms with Crippen LogP contribution in [-0.2, 0) is 4.79 Å². The van der Waals surface area contributed by atoms with Gasteiger partial charge in [-0.1, -0.05) is 24.3 Å². The van der Waals surface area contributed by atoms with Gasteiger partial charge in [0.15, 0.2) is 5.78 Å². The molecule has 0 heterocycles. The number of Topliss-reactive ketones (excluding diaryl/α,β-unsaturated/α-hetero) is 1. The fourth-order valence-electron chi connectivity index (χ4n) is 2.65. The molecule has 2 N–H and O–H groups in total. The summed E-state index contributed by atoms with van der Waals surface area (Å²) in [6.07, 6.45) is 4.69. The number of carbonyl (C=O) groups is 1. The highest BCUT2D eigenvalue weighted by molar-refractivity contribution is 9.10. The Kier molecular flexibility index (Phi) is 4.92. The summed E-state index contributed by atoms with van der Waals surface area (Å²) in [4.78, 5) is 12.6. The lowest BCUT2D eigenvalue weighted by molar-refractivity contribution is -0.111. The molecule has 1 saturated carbocycles. The van der Waals surface area contributed by atoms with Gasteiger partial charge < -0.3 is 10.2 Å². The van der Waals surface area contributed by atoms with E-state index in [0.717, 1.165) is 0 Å². The Labute approximate surface area is 156 Å². The molecule has 2 aromatic rings. The van der Waals surface area contributed by atoms with Crippen LogP contribution in [0.2, 0.25) is 0 Å². The van der Waals surface area contributed by atoms with E-state index in [1.165, 1.54) is 0 Å². The van der Waals surface area contributed by atoms with Crippen LogP contribution in [0, 0.1) is 0 Å². The number of allylic oxidation sites excluding steroid dienone is 2. The third-order valence-electron chi connectivity index (χ3n) is 3.94. The predicted molar refractivity (Wildman–Crippen MR) is 102 cm³/mol. The second-order valence-electron chi connectivity index (χ2n) is 5.52. The molecule has 0 amide bonds. The first-order chi connectivity index (χ1) is 11.5. The lowest BCUT2D eigenvalue weighted by Crippen LogP contribution is -1.96. The third-order valence-corrected chi connectivity index (χ3v) is 5.22. The van der Waals surface area contributed by atoms with E-state index in [2.05, 4.69) is 31.9 Å². The fourth-order valence-corrected chi connectivity index (χ4v) is 3.41. The van der Waals surface area contributed by atoms with Gasteiger partial charge in [-0.05, 0) is 69.0 Å². The minimum absolute atomic E-state index is 0.0475. The van der Waals surface area contributed by atoms with Crippen LogP contribution in [0.15, 0.2) is 56.5 Å². The van der Waals surface area contributed by atoms with E-state index in [-0.39, 0.29) is 17.3 Å². The zero-order valence-corrected chi connectivity index (χ0v) is 15.8. The number of halogens is 2. The monoisotopic (exact) mass is 448 g/mol. The molecule has 3 nitrogen and oxygen atoms in total. The van der Waals surface area contributed by atoms with Gasteiger partial charge in [-0.2, -0.15) is 0 Å². The Bertz CT molecular complexity index is 811. The first-order valence-electron chi connectivity index (χ1n) is 7.38. The van der Waals surface area contributed by atoms with Crippen molar-refractivity contribution < 1.29 is 15.0 Å². The number of phenols is 2. The maximum Gasteiger partial charge on any atom is 0.185 e. The van der Waals surface area contributed by atoms with Crippen molar-refractivity contribution in [2.45, 2.75) is 12.8 Å². The van der Waals surface area contributed by atoms with Gasteiger partial charge in [-0.15, -0.1) is 0 Å². The Morgan fingerprint density at radius 1 is 0.792 bits per heavy atom. The minimum Gasteiger partial charge on any atom is -0.506 e. The highest BCUT2D eigenvalue weighted by Crippen LogP contribution is 2.35. The molecule has 0 atom stereocenters. The quantitative estimate of drug-likeness (QED) is 0.599. The first kappa shape index (κ1) is 17.0. The molecule has 122 valence electrons. The number of rotatable bonds is 2. The molecular weight excluding hydrogens is 436 g/mol. The van der Waals surface area contributed by atoms with Crippen molar-refractivity contribution in [1.82, 2.24) is 0 Å². The summed E-state index contributed by atoms with van der Waals surface area (Å²) in [6, 6.07) is 10.6. The van der Waals surface area contributed by atoms with Crippen LogP contribution >= 0.6 is 31.9 Å². The molecule has 0 radical (unpaired) electrons. The highest BCUT2D eigenvalue weighted by Gasteiger charge is 2.24. The van der Waals surface area contributed by atoms with Crippen molar-refractivity contribution in [2.24, 2.45) is 0 Å². The SMILES string of the molecule is O=C1C(=Cc2cccc(Br)c2O)CCC1=Cc1cccc(Br)c1O. The van der Waals surface area contributed by atoms with Crippen molar-refractivity contribution in [3.63, 3.8) is 0 Å². The summed E-state index contributed by atoms with van der Waals surface area (Å²) in [6.45, 7) is 0. The molecule has 1 fully saturated rings. The van der Waals surface area contributed by atoms with Gasteiger partial charge in [0.2, 0.25) is 0 Å². The third kappa shape index (κ3) is 3.32. The molecule has 0 spiro atoms. The number of ketones is 1. The maximum absolute atomic E-state index is 12.6. The first-order valence-corrected chi connectivity index (χ1v) is 8.97. The van der Waals surface area contributed by atoms with E-state index in [0.29, 0.717) is 44.1 Å². The topological polar surface area (TPSA) is 57.5 Å². The van der Waals surface area contributed by atoms with E-state index < -0.39 is 0 Å². The van der Waals surface area contributed by atoms with E-state index in [1.807, 2.05) is 12.1 Å². The van der Waals surface area contributed by atoms with E-state index in [1.54, 1.807) is 36.4 Å². The van der Waals surface area contributed by atoms with Crippen LogP contribution in [0.3, 0.4) is 0 Å². The molecule has 0 aliphatic heterocycles. The number of aromatic hydroxyl groups is 2. The van der Waals surface area contributed by atoms with Crippen LogP contribution in [0.25, 0.3) is 12.2 Å². The number of para-hydroxylation sites is 2. The smallest absolute Gasteiger partial charge is 0.185 e. The molecular formula is C19H14Br2O3. The summed E-state index contributed by atoms with van der Waals surface area (Å²) in [5, 5.41) is 20.1. The van der Waals surface area contributed by atoms with Crippen molar-refractivity contribution in [1.29, 1.82) is 0 Å². The maximum atomic E-state index is 12.6. The second-order valence-corrected chi connectivity index (χ2v) is 7.23. The second kappa shape index (κ2) is 6.95. The molecule has 0 unspecified atom stereocenters. The summed E-state index contributed by atoms with van der Waals surface area (Å²) in [5.41, 5.74) is 2.53. The molecule has 24 heavy (non-hydrogen) atoms. The Morgan fingerprint density at radius 3 is 1.62 bits per heavy atom. The largest absolute Gasteiger partial charge is 0.506 e. The van der Waals surface area contributed by atoms with E-state index >= 15 is 0 Å². The van der Waals surface area contributed by atoms with E-state index in [4.69, 9.17) is 0 Å². The lowest BCUT2D eigenvalue weighted by Gasteiger charge is -2.03. The van der Waals surface area contributed by atoms with Crippen LogP contribution < -0.4 is 0 Å². The van der Waals surface area contributed by atoms with Crippen LogP contribution in [0.1, 0.15) is 24.0 Å². The normalized spacial score (nSPS) is 17.8. The van der Waals surface area contributed by atoms with Gasteiger partial charge in [0, 0.05) is 22.3 Å². The number of hydrogen-bond acceptors (Lipinski definition) is 3. The van der Waals surface area contributed by atoms with Crippen molar-refractivity contribution in [3.05, 3.63) is 67.6 Å². The zero-order valence-electron chi connectivity index (χ0n) is 12.6. The highest BCUT2D eigenvalue weighted by atomic mass is 79.9. The van der Waals surface area contributed by atoms with E-state index in [9.17, 15) is 15.0 Å². The molecule has 3 rings (SSSR count). The van der Waals surface area contributed by atoms with Gasteiger partial charge in [0.25, 0.3) is 0 Å². The van der Waals surface area contributed by atoms with Crippen LogP contribution in [-0.4, -0.2) is 16.0 Å². The average molecular weight is 450 g/mol. The Hall–Kier alpha value is -1.85. The minimum atomic E-state index is -0.0475. The standard InChI is InChI=1S/C19H14Br2O3/c20-15-5-1-3-11(18(15)23)9-13-7-8-14(17(13)22)10-12-4-2-6-16(21)19(12)24/h1-6,9-10,23-24H,7-8H2. The van der Waals surface area contributed by atoms with Gasteiger partial charge in [-0.3, -0.25) is 4.79 Å². The summed E-state index contributed by atoms with van der Waals surface area (Å²) >= 11 is 6.55. The molecule has 1 aliphatic carbocycles. The van der Waals surface area contributed by atoms with Crippen molar-refractivity contribution in [3.8, 4) is 11.5 Å². The summed E-state index contributed by atoms with van der Waals surface area (Å²) in [5.74, 6) is 0.202. The molecule has 5 heteroatoms. The lowest BCUT2D eigenvalue weighted by atomic mass is 10.1. The molecule has 1 aliphatic rings. The van der Waals surface area contributed by atoms with Gasteiger partial charge in [-0.25, -0.2) is 0 Å². The van der Waals surface area contributed by atoms with Crippen molar-refractivity contribution in [2.75, 3.05) is 0 Å². The number of carbonyl (C=O) groups excluding carboxylic acids is 1. The molecule has 0 aromatic heterocycles. The van der Waals surface area contributed by atoms with Crippen molar-refractivity contribution >= 4 is 49.8 Å². The van der Waals surface area contributed by atoms with Crippen LogP contribution in [0.4, 0.5) is 0 Å².